The van der Waals surface area contributed by atoms with Crippen molar-refractivity contribution in [2.75, 3.05) is 5.75 Å². The van der Waals surface area contributed by atoms with E-state index in [9.17, 15) is 14.7 Å². The molecule has 10 heteroatoms. The molecule has 26 heavy (non-hydrogen) atoms. The van der Waals surface area contributed by atoms with Gasteiger partial charge in [0.1, 0.15) is 18.5 Å². The number of carboxylic acids is 1. The van der Waals surface area contributed by atoms with E-state index in [1.54, 1.807) is 0 Å². The Morgan fingerprint density at radius 1 is 1.46 bits per heavy atom. The van der Waals surface area contributed by atoms with Gasteiger partial charge >= 0.3 is 0 Å². The molecule has 134 valence electrons. The van der Waals surface area contributed by atoms with Gasteiger partial charge in [-0.1, -0.05) is 11.8 Å². The van der Waals surface area contributed by atoms with E-state index >= 15 is 0 Å². The van der Waals surface area contributed by atoms with Gasteiger partial charge in [0, 0.05) is 33.7 Å². The molecular formula is C16H14N4O3S3. The van der Waals surface area contributed by atoms with E-state index in [1.165, 1.54) is 39.8 Å². The predicted molar refractivity (Wildman–Crippen MR) is 97.7 cm³/mol. The van der Waals surface area contributed by atoms with Gasteiger partial charge in [0.05, 0.1) is 17.4 Å². The van der Waals surface area contributed by atoms with Gasteiger partial charge in [-0.3, -0.25) is 9.69 Å². The molecule has 1 amide bonds. The van der Waals surface area contributed by atoms with Crippen LogP contribution in [-0.4, -0.2) is 38.9 Å². The molecule has 1 fully saturated rings. The molecule has 0 aromatic carbocycles. The number of fused-ring (bicyclic) bond motifs is 1. The summed E-state index contributed by atoms with van der Waals surface area (Å²) in [7, 11) is 1.94. The molecule has 7 nitrogen and oxygen atoms in total. The first-order valence-corrected chi connectivity index (χ1v) is 10.4. The number of rotatable bonds is 4. The van der Waals surface area contributed by atoms with E-state index in [1.807, 2.05) is 41.5 Å². The van der Waals surface area contributed by atoms with Crippen molar-refractivity contribution in [3.8, 4) is 11.3 Å². The van der Waals surface area contributed by atoms with E-state index in [0.717, 1.165) is 15.6 Å². The van der Waals surface area contributed by atoms with E-state index in [4.69, 9.17) is 5.73 Å². The lowest BCUT2D eigenvalue weighted by Crippen LogP contribution is -2.69. The van der Waals surface area contributed by atoms with Gasteiger partial charge in [-0.15, -0.1) is 23.1 Å². The summed E-state index contributed by atoms with van der Waals surface area (Å²) in [5.74, 6) is -1.27. The minimum absolute atomic E-state index is 0.0751. The number of pyridine rings is 1. The minimum Gasteiger partial charge on any atom is -0.543 e. The number of aliphatic carboxylic acids is 1. The van der Waals surface area contributed by atoms with E-state index in [-0.39, 0.29) is 17.0 Å². The maximum absolute atomic E-state index is 12.0. The van der Waals surface area contributed by atoms with E-state index in [2.05, 4.69) is 4.98 Å². The number of thiazole rings is 1. The van der Waals surface area contributed by atoms with Crippen molar-refractivity contribution in [1.29, 1.82) is 0 Å². The van der Waals surface area contributed by atoms with Gasteiger partial charge in [-0.25, -0.2) is 9.55 Å². The van der Waals surface area contributed by atoms with Crippen molar-refractivity contribution in [3.63, 3.8) is 0 Å². The summed E-state index contributed by atoms with van der Waals surface area (Å²) in [5, 5.41) is 13.2. The van der Waals surface area contributed by atoms with Crippen LogP contribution < -0.4 is 15.4 Å². The fourth-order valence-electron chi connectivity index (χ4n) is 2.77. The molecule has 2 aromatic heterocycles. The smallest absolute Gasteiger partial charge is 0.248 e. The van der Waals surface area contributed by atoms with Crippen LogP contribution in [0.2, 0.25) is 0 Å². The lowest BCUT2D eigenvalue weighted by Gasteiger charge is -2.49. The summed E-state index contributed by atoms with van der Waals surface area (Å²) in [6.07, 6.45) is 3.88. The molecule has 0 aliphatic carbocycles. The number of nitrogens with two attached hydrogens (primary N) is 1. The Bertz CT molecular complexity index is 925. The molecule has 2 aromatic rings. The Morgan fingerprint density at radius 3 is 2.88 bits per heavy atom. The number of thioether (sulfide) groups is 2. The van der Waals surface area contributed by atoms with Crippen LogP contribution in [0.15, 0.2) is 44.8 Å². The molecule has 2 N–H and O–H groups in total. The van der Waals surface area contributed by atoms with Crippen molar-refractivity contribution in [2.24, 2.45) is 12.8 Å². The average Bonchev–Trinajstić information content (AvgIpc) is 3.09. The number of β-lactam (4-membered cyclic amide) rings is 1. The molecule has 1 saturated heterocycles. The highest BCUT2D eigenvalue weighted by Gasteiger charge is 2.50. The van der Waals surface area contributed by atoms with Gasteiger partial charge in [-0.2, -0.15) is 0 Å². The van der Waals surface area contributed by atoms with Crippen LogP contribution in [0.25, 0.3) is 11.3 Å². The number of nitrogens with zero attached hydrogens (tertiary/aromatic N) is 3. The zero-order chi connectivity index (χ0) is 18.4. The largest absolute Gasteiger partial charge is 0.543 e. The number of amides is 1. The molecule has 2 aliphatic heterocycles. The second-order valence-electron chi connectivity index (χ2n) is 5.85. The van der Waals surface area contributed by atoms with Gasteiger partial charge < -0.3 is 15.6 Å². The van der Waals surface area contributed by atoms with Crippen LogP contribution >= 0.6 is 34.9 Å². The minimum atomic E-state index is -1.36. The molecule has 4 rings (SSSR count). The summed E-state index contributed by atoms with van der Waals surface area (Å²) in [6, 6.07) is 3.29. The zero-order valence-electron chi connectivity index (χ0n) is 13.6. The SMILES string of the molecule is C[n+]1ccc(-c2csc(SC3=C(C(=O)[O-])N4C(=O)C(N)[C@H]4SC3)n2)cc1. The van der Waals surface area contributed by atoms with Crippen LogP contribution in [0.3, 0.4) is 0 Å². The highest BCUT2D eigenvalue weighted by atomic mass is 32.2. The Hall–Kier alpha value is -1.88. The molecule has 2 aliphatic rings. The molecule has 0 spiro atoms. The van der Waals surface area contributed by atoms with Crippen molar-refractivity contribution in [2.45, 2.75) is 15.8 Å². The van der Waals surface area contributed by atoms with Crippen molar-refractivity contribution < 1.29 is 19.3 Å². The molecule has 2 atom stereocenters. The van der Waals surface area contributed by atoms with E-state index in [0.29, 0.717) is 10.7 Å². The fourth-order valence-corrected chi connectivity index (χ4v) is 6.17. The molecular weight excluding hydrogens is 392 g/mol. The number of carboxylic acid groups (broad SMARTS) is 1. The lowest BCUT2D eigenvalue weighted by molar-refractivity contribution is -0.671. The number of carbonyl (C=O) groups is 2. The number of hydrogen-bond donors (Lipinski definition) is 1. The average molecular weight is 407 g/mol. The van der Waals surface area contributed by atoms with Crippen LogP contribution in [0, 0.1) is 0 Å². The monoisotopic (exact) mass is 406 g/mol. The molecule has 1 unspecified atom stereocenters. The van der Waals surface area contributed by atoms with Gasteiger partial charge in [0.15, 0.2) is 16.7 Å². The fraction of sp³-hybridized carbons (Fsp3) is 0.250. The number of hydrogen-bond acceptors (Lipinski definition) is 8. The third-order valence-corrected chi connectivity index (χ3v) is 7.64. The lowest BCUT2D eigenvalue weighted by atomic mass is 10.1. The topological polar surface area (TPSA) is 103 Å². The van der Waals surface area contributed by atoms with Crippen molar-refractivity contribution in [3.05, 3.63) is 40.5 Å². The summed E-state index contributed by atoms with van der Waals surface area (Å²) < 4.78 is 2.66. The summed E-state index contributed by atoms with van der Waals surface area (Å²) in [4.78, 5) is 30.0. The second kappa shape index (κ2) is 6.69. The number of aryl methyl sites for hydroxylation is 1. The third-order valence-electron chi connectivity index (χ3n) is 4.14. The molecule has 0 radical (unpaired) electrons. The first-order chi connectivity index (χ1) is 12.5. The normalized spacial score (nSPS) is 22.2. The second-order valence-corrected chi connectivity index (χ2v) is 9.15. The van der Waals surface area contributed by atoms with E-state index < -0.39 is 12.0 Å². The predicted octanol–water partition coefficient (Wildman–Crippen LogP) is -0.0694. The number of carbonyl (C=O) groups excluding carboxylic acids is 2. The first kappa shape index (κ1) is 17.5. The molecule has 0 bridgehead atoms. The van der Waals surface area contributed by atoms with Crippen LogP contribution in [-0.2, 0) is 16.6 Å². The van der Waals surface area contributed by atoms with Crippen molar-refractivity contribution in [1.82, 2.24) is 9.88 Å². The quantitative estimate of drug-likeness (QED) is 0.560. The zero-order valence-corrected chi connectivity index (χ0v) is 16.1. The summed E-state index contributed by atoms with van der Waals surface area (Å²) >= 11 is 4.17. The maximum Gasteiger partial charge on any atom is 0.248 e. The van der Waals surface area contributed by atoms with Crippen LogP contribution in [0.4, 0.5) is 0 Å². The standard InChI is InChI=1S/C16H14N4O3S3/c1-19-4-2-8(3-5-19)9-6-25-16(18-9)26-10-7-24-14-11(17)13(21)20(14)12(10)15(22)23/h2-6,11,14H,7,17H2,1H3/t11?,14-/m1/s1. The summed E-state index contributed by atoms with van der Waals surface area (Å²) in [6.45, 7) is 0. The van der Waals surface area contributed by atoms with Crippen LogP contribution in [0.5, 0.6) is 0 Å². The van der Waals surface area contributed by atoms with Crippen LogP contribution in [0.1, 0.15) is 0 Å². The Kier molecular flexibility index (Phi) is 4.51. The highest BCUT2D eigenvalue weighted by molar-refractivity contribution is 8.07. The van der Waals surface area contributed by atoms with Crippen molar-refractivity contribution >= 4 is 46.7 Å². The van der Waals surface area contributed by atoms with Gasteiger partial charge in [0.2, 0.25) is 5.91 Å². The molecule has 0 saturated carbocycles. The first-order valence-electron chi connectivity index (χ1n) is 7.69. The Labute approximate surface area is 161 Å². The summed E-state index contributed by atoms with van der Waals surface area (Å²) in [5.41, 5.74) is 7.49. The molecule has 4 heterocycles. The Morgan fingerprint density at radius 2 is 2.19 bits per heavy atom. The van der Waals surface area contributed by atoms with Gasteiger partial charge in [0.25, 0.3) is 0 Å². The third kappa shape index (κ3) is 2.92. The Balaban J connectivity index is 1.61. The highest BCUT2D eigenvalue weighted by Crippen LogP contribution is 2.45. The van der Waals surface area contributed by atoms with Gasteiger partial charge in [-0.05, 0) is 0 Å². The maximum atomic E-state index is 12.0. The number of aromatic nitrogens is 2.